The van der Waals surface area contributed by atoms with Crippen molar-refractivity contribution in [1.82, 2.24) is 10.2 Å². The van der Waals surface area contributed by atoms with E-state index in [2.05, 4.69) is 21.2 Å². The number of nitrogens with one attached hydrogen (secondary N) is 1. The molecule has 1 aromatic heterocycles. The van der Waals surface area contributed by atoms with Gasteiger partial charge in [0.1, 0.15) is 5.54 Å². The molecule has 1 unspecified atom stereocenters. The molecule has 21 heavy (non-hydrogen) atoms. The van der Waals surface area contributed by atoms with E-state index in [4.69, 9.17) is 0 Å². The van der Waals surface area contributed by atoms with Gasteiger partial charge in [-0.25, -0.2) is 4.79 Å². The second-order valence-electron chi connectivity index (χ2n) is 5.01. The summed E-state index contributed by atoms with van der Waals surface area (Å²) < 4.78 is 0.981. The van der Waals surface area contributed by atoms with Crippen molar-refractivity contribution in [1.29, 1.82) is 0 Å². The Kier molecular flexibility index (Phi) is 3.59. The summed E-state index contributed by atoms with van der Waals surface area (Å²) >= 11 is 4.96. The van der Waals surface area contributed by atoms with Crippen molar-refractivity contribution in [2.75, 3.05) is 0 Å². The van der Waals surface area contributed by atoms with Crippen LogP contribution in [0.1, 0.15) is 17.4 Å². The molecule has 1 fully saturated rings. The number of thiophene rings is 1. The predicted octanol–water partition coefficient (Wildman–Crippen LogP) is 3.48. The zero-order valence-electron chi connectivity index (χ0n) is 11.3. The Balaban J connectivity index is 2.00. The van der Waals surface area contributed by atoms with Crippen LogP contribution in [0, 0.1) is 0 Å². The first-order valence-electron chi connectivity index (χ1n) is 6.43. The third-order valence-corrected chi connectivity index (χ3v) is 5.40. The molecule has 0 aliphatic carbocycles. The second-order valence-corrected chi connectivity index (χ2v) is 6.93. The molecule has 0 spiro atoms. The summed E-state index contributed by atoms with van der Waals surface area (Å²) in [6, 6.07) is 11.0. The highest BCUT2D eigenvalue weighted by atomic mass is 79.9. The van der Waals surface area contributed by atoms with E-state index < -0.39 is 5.54 Å². The Bertz CT molecular complexity index is 701. The predicted molar refractivity (Wildman–Crippen MR) is 84.9 cm³/mol. The van der Waals surface area contributed by atoms with Gasteiger partial charge in [-0.2, -0.15) is 0 Å². The topological polar surface area (TPSA) is 49.4 Å². The molecule has 1 aliphatic heterocycles. The Morgan fingerprint density at radius 1 is 1.29 bits per heavy atom. The minimum atomic E-state index is -0.977. The van der Waals surface area contributed by atoms with Crippen LogP contribution >= 0.6 is 27.3 Å². The molecule has 1 aromatic carbocycles. The molecular weight excluding hydrogens is 352 g/mol. The summed E-state index contributed by atoms with van der Waals surface area (Å²) in [6.07, 6.45) is 0. The fourth-order valence-electron chi connectivity index (χ4n) is 2.48. The average molecular weight is 365 g/mol. The molecule has 6 heteroatoms. The quantitative estimate of drug-likeness (QED) is 0.847. The van der Waals surface area contributed by atoms with Gasteiger partial charge < -0.3 is 4.90 Å². The van der Waals surface area contributed by atoms with Gasteiger partial charge in [-0.1, -0.05) is 30.3 Å². The fraction of sp³-hybridized carbons (Fsp3) is 0.200. The standard InChI is InChI=1S/C15H13BrN2O2S/c1-15(10-5-3-2-4-6-10)13(19)17-14(20)18(15)8-12-7-11(16)9-21-12/h2-7,9H,8H2,1H3,(H,17,19,20). The van der Waals surface area contributed by atoms with Gasteiger partial charge in [0, 0.05) is 14.7 Å². The number of carbonyl (C=O) groups excluding carboxylic acids is 2. The van der Waals surface area contributed by atoms with Gasteiger partial charge in [-0.15, -0.1) is 11.3 Å². The van der Waals surface area contributed by atoms with E-state index >= 15 is 0 Å². The number of amides is 3. The van der Waals surface area contributed by atoms with Gasteiger partial charge in [0.15, 0.2) is 0 Å². The second kappa shape index (κ2) is 5.27. The van der Waals surface area contributed by atoms with Crippen LogP contribution < -0.4 is 5.32 Å². The highest BCUT2D eigenvalue weighted by Crippen LogP contribution is 2.35. The summed E-state index contributed by atoms with van der Waals surface area (Å²) in [6.45, 7) is 2.18. The third-order valence-electron chi connectivity index (χ3n) is 3.72. The molecule has 2 aromatic rings. The molecule has 108 valence electrons. The van der Waals surface area contributed by atoms with Crippen LogP contribution in [0.2, 0.25) is 0 Å². The van der Waals surface area contributed by atoms with E-state index in [1.165, 1.54) is 0 Å². The van der Waals surface area contributed by atoms with Crippen LogP contribution in [0.4, 0.5) is 4.79 Å². The van der Waals surface area contributed by atoms with Crippen LogP contribution in [0.3, 0.4) is 0 Å². The van der Waals surface area contributed by atoms with Crippen LogP contribution in [0.5, 0.6) is 0 Å². The van der Waals surface area contributed by atoms with Gasteiger partial charge in [0.05, 0.1) is 6.54 Å². The van der Waals surface area contributed by atoms with E-state index in [1.54, 1.807) is 23.2 Å². The van der Waals surface area contributed by atoms with Crippen LogP contribution in [0.25, 0.3) is 0 Å². The first kappa shape index (κ1) is 14.3. The van der Waals surface area contributed by atoms with Crippen molar-refractivity contribution >= 4 is 39.2 Å². The van der Waals surface area contributed by atoms with Crippen LogP contribution in [-0.4, -0.2) is 16.8 Å². The maximum Gasteiger partial charge on any atom is 0.325 e. The largest absolute Gasteiger partial charge is 0.325 e. The lowest BCUT2D eigenvalue weighted by Crippen LogP contribution is -2.43. The van der Waals surface area contributed by atoms with Gasteiger partial charge in [-0.05, 0) is 34.5 Å². The lowest BCUT2D eigenvalue weighted by molar-refractivity contribution is -0.126. The first-order valence-corrected chi connectivity index (χ1v) is 8.10. The zero-order chi connectivity index (χ0) is 15.0. The molecule has 1 saturated heterocycles. The normalized spacial score (nSPS) is 21.7. The summed E-state index contributed by atoms with van der Waals surface area (Å²) in [5, 5.41) is 4.39. The highest BCUT2D eigenvalue weighted by Gasteiger charge is 2.50. The molecule has 3 amide bonds. The monoisotopic (exact) mass is 364 g/mol. The fourth-order valence-corrected chi connectivity index (χ4v) is 3.92. The lowest BCUT2D eigenvalue weighted by Gasteiger charge is -2.31. The molecule has 1 N–H and O–H groups in total. The van der Waals surface area contributed by atoms with E-state index in [9.17, 15) is 9.59 Å². The lowest BCUT2D eigenvalue weighted by atomic mass is 9.90. The van der Waals surface area contributed by atoms with Crippen molar-refractivity contribution in [3.05, 3.63) is 56.7 Å². The van der Waals surface area contributed by atoms with Gasteiger partial charge in [0.25, 0.3) is 5.91 Å². The van der Waals surface area contributed by atoms with Gasteiger partial charge in [-0.3, -0.25) is 10.1 Å². The summed E-state index contributed by atoms with van der Waals surface area (Å²) in [5.74, 6) is -0.283. The molecule has 1 aliphatic rings. The molecule has 0 saturated carbocycles. The number of benzene rings is 1. The van der Waals surface area contributed by atoms with E-state index in [-0.39, 0.29) is 11.9 Å². The van der Waals surface area contributed by atoms with Crippen molar-refractivity contribution in [2.24, 2.45) is 0 Å². The summed E-state index contributed by atoms with van der Waals surface area (Å²) in [5.41, 5.74) is -0.168. The number of hydrogen-bond donors (Lipinski definition) is 1. The van der Waals surface area contributed by atoms with E-state index in [0.717, 1.165) is 14.9 Å². The Morgan fingerprint density at radius 3 is 2.62 bits per heavy atom. The van der Waals surface area contributed by atoms with Crippen LogP contribution in [0.15, 0.2) is 46.3 Å². The van der Waals surface area contributed by atoms with Crippen molar-refractivity contribution < 1.29 is 9.59 Å². The minimum Gasteiger partial charge on any atom is -0.301 e. The van der Waals surface area contributed by atoms with Gasteiger partial charge >= 0.3 is 6.03 Å². The Labute approximate surface area is 134 Å². The number of imide groups is 1. The minimum absolute atomic E-state index is 0.283. The molecule has 4 nitrogen and oxygen atoms in total. The SMILES string of the molecule is CC1(c2ccccc2)C(=O)NC(=O)N1Cc1cc(Br)cs1. The van der Waals surface area contributed by atoms with Crippen LogP contribution in [-0.2, 0) is 16.9 Å². The summed E-state index contributed by atoms with van der Waals surface area (Å²) in [4.78, 5) is 27.1. The number of nitrogens with zero attached hydrogens (tertiary/aromatic N) is 1. The average Bonchev–Trinajstić information content (AvgIpc) is 2.98. The van der Waals surface area contributed by atoms with Crippen molar-refractivity contribution in [2.45, 2.75) is 19.0 Å². The Morgan fingerprint density at radius 2 is 2.00 bits per heavy atom. The maximum absolute atomic E-state index is 12.3. The van der Waals surface area contributed by atoms with Gasteiger partial charge in [0.2, 0.25) is 0 Å². The third kappa shape index (κ3) is 2.38. The molecule has 3 rings (SSSR count). The zero-order valence-corrected chi connectivity index (χ0v) is 13.7. The molecule has 2 heterocycles. The van der Waals surface area contributed by atoms with Crippen molar-refractivity contribution in [3.8, 4) is 0 Å². The molecule has 0 bridgehead atoms. The first-order chi connectivity index (χ1) is 10.0. The smallest absolute Gasteiger partial charge is 0.301 e. The van der Waals surface area contributed by atoms with E-state index in [1.807, 2.05) is 41.8 Å². The molecule has 1 atom stereocenters. The number of halogens is 1. The van der Waals surface area contributed by atoms with E-state index in [0.29, 0.717) is 6.54 Å². The number of carbonyl (C=O) groups is 2. The maximum atomic E-state index is 12.3. The van der Waals surface area contributed by atoms with Crippen molar-refractivity contribution in [3.63, 3.8) is 0 Å². The number of urea groups is 1. The number of rotatable bonds is 3. The summed E-state index contributed by atoms with van der Waals surface area (Å²) in [7, 11) is 0. The highest BCUT2D eigenvalue weighted by molar-refractivity contribution is 9.10. The molecule has 0 radical (unpaired) electrons. The number of hydrogen-bond acceptors (Lipinski definition) is 3. The Hall–Kier alpha value is -1.66. The molecular formula is C15H13BrN2O2S.